The zero-order valence-corrected chi connectivity index (χ0v) is 17.6. The number of anilines is 1. The molecule has 0 saturated heterocycles. The highest BCUT2D eigenvalue weighted by atomic mass is 19.4. The Kier molecular flexibility index (Phi) is 7.25. The lowest BCUT2D eigenvalue weighted by molar-refractivity contribution is -0.141. The molecule has 0 bridgehead atoms. The lowest BCUT2D eigenvalue weighted by atomic mass is 9.96. The third-order valence-electron chi connectivity index (χ3n) is 4.87. The molecule has 1 amide bonds. The number of carbonyl (C=O) groups excluding carboxylic acids is 1. The van der Waals surface area contributed by atoms with Gasteiger partial charge in [-0.05, 0) is 31.0 Å². The number of alkyl halides is 3. The van der Waals surface area contributed by atoms with Crippen molar-refractivity contribution in [2.75, 3.05) is 5.32 Å². The minimum Gasteiger partial charge on any atom is -0.305 e. The molecule has 0 atom stereocenters. The Morgan fingerprint density at radius 1 is 1.19 bits per heavy atom. The molecule has 0 aromatic carbocycles. The van der Waals surface area contributed by atoms with Gasteiger partial charge in [-0.1, -0.05) is 45.6 Å². The van der Waals surface area contributed by atoms with Gasteiger partial charge >= 0.3 is 6.18 Å². The summed E-state index contributed by atoms with van der Waals surface area (Å²) in [5.41, 5.74) is -0.729. The van der Waals surface area contributed by atoms with Crippen molar-refractivity contribution in [3.8, 4) is 0 Å². The molecule has 0 radical (unpaired) electrons. The summed E-state index contributed by atoms with van der Waals surface area (Å²) in [5, 5.41) is 7.87. The maximum absolute atomic E-state index is 12.8. The van der Waals surface area contributed by atoms with Crippen molar-refractivity contribution in [3.05, 3.63) is 48.0 Å². The minimum atomic E-state index is -4.61. The Hall–Kier alpha value is -2.97. The first-order valence-corrected chi connectivity index (χ1v) is 10.5. The van der Waals surface area contributed by atoms with E-state index in [1.54, 1.807) is 12.3 Å². The van der Waals surface area contributed by atoms with E-state index >= 15 is 0 Å². The van der Waals surface area contributed by atoms with Gasteiger partial charge in [0.1, 0.15) is 22.7 Å². The molecule has 4 rings (SSSR count). The van der Waals surface area contributed by atoms with E-state index in [1.165, 1.54) is 31.7 Å². The van der Waals surface area contributed by atoms with Gasteiger partial charge in [0.05, 0.1) is 12.2 Å². The van der Waals surface area contributed by atoms with Crippen molar-refractivity contribution < 1.29 is 18.0 Å². The number of fused-ring (bicyclic) bond motifs is 1. The van der Waals surface area contributed by atoms with Crippen LogP contribution in [0.5, 0.6) is 0 Å². The highest BCUT2D eigenvalue weighted by Gasteiger charge is 2.33. The number of nitrogens with one attached hydrogen (secondary N) is 1. The standard InChI is InChI=1S/C19H18F3N5O.C3H8/c20-19(21,22)16-8-4-7-14(24-16)18(28)25-17-9-12-11-27(26-15(12)10-23-17)13-5-2-1-3-6-13;1-3-2/h4,7-11,13H,1-3,5-6H2,(H,25,28);3H2,1-2H3. The van der Waals surface area contributed by atoms with E-state index in [0.717, 1.165) is 30.4 Å². The second-order valence-electron chi connectivity index (χ2n) is 7.60. The van der Waals surface area contributed by atoms with Crippen molar-refractivity contribution in [3.63, 3.8) is 0 Å². The van der Waals surface area contributed by atoms with Crippen molar-refractivity contribution in [2.24, 2.45) is 0 Å². The summed E-state index contributed by atoms with van der Waals surface area (Å²) in [4.78, 5) is 19.8. The SMILES string of the molecule is CCC.O=C(Nc1cc2cn(C3CCCCC3)nc2cn1)c1cccc(C(F)(F)F)n1. The highest BCUT2D eigenvalue weighted by Crippen LogP contribution is 2.29. The summed E-state index contributed by atoms with van der Waals surface area (Å²) in [6.45, 7) is 4.25. The molecule has 6 nitrogen and oxygen atoms in total. The molecular formula is C22H26F3N5O. The zero-order valence-electron chi connectivity index (χ0n) is 17.6. The lowest BCUT2D eigenvalue weighted by Gasteiger charge is -2.21. The van der Waals surface area contributed by atoms with Gasteiger partial charge in [-0.3, -0.25) is 9.48 Å². The molecular weight excluding hydrogens is 407 g/mol. The Bertz CT molecular complexity index is 1030. The van der Waals surface area contributed by atoms with Gasteiger partial charge in [-0.2, -0.15) is 18.3 Å². The summed E-state index contributed by atoms with van der Waals surface area (Å²) >= 11 is 0. The van der Waals surface area contributed by atoms with Crippen LogP contribution in [0.3, 0.4) is 0 Å². The minimum absolute atomic E-state index is 0.236. The van der Waals surface area contributed by atoms with E-state index in [0.29, 0.717) is 11.6 Å². The number of carbonyl (C=O) groups is 1. The van der Waals surface area contributed by atoms with Gasteiger partial charge in [-0.15, -0.1) is 0 Å². The molecule has 1 saturated carbocycles. The quantitative estimate of drug-likeness (QED) is 0.548. The smallest absolute Gasteiger partial charge is 0.305 e. The number of pyridine rings is 2. The van der Waals surface area contributed by atoms with Crippen LogP contribution >= 0.6 is 0 Å². The Morgan fingerprint density at radius 2 is 1.90 bits per heavy atom. The highest BCUT2D eigenvalue weighted by molar-refractivity contribution is 6.03. The van der Waals surface area contributed by atoms with Crippen LogP contribution in [0.2, 0.25) is 0 Å². The van der Waals surface area contributed by atoms with Crippen molar-refractivity contribution >= 4 is 22.6 Å². The molecule has 0 unspecified atom stereocenters. The van der Waals surface area contributed by atoms with E-state index in [-0.39, 0.29) is 11.5 Å². The summed E-state index contributed by atoms with van der Waals surface area (Å²) in [7, 11) is 0. The second-order valence-corrected chi connectivity index (χ2v) is 7.60. The molecule has 31 heavy (non-hydrogen) atoms. The summed E-state index contributed by atoms with van der Waals surface area (Å²) in [6, 6.07) is 5.22. The Labute approximate surface area is 178 Å². The van der Waals surface area contributed by atoms with Crippen LogP contribution in [0.1, 0.15) is 74.6 Å². The van der Waals surface area contributed by atoms with Gasteiger partial charge in [0.25, 0.3) is 5.91 Å². The van der Waals surface area contributed by atoms with E-state index in [9.17, 15) is 18.0 Å². The lowest BCUT2D eigenvalue weighted by Crippen LogP contribution is -2.17. The summed E-state index contributed by atoms with van der Waals surface area (Å²) in [5.74, 6) is -0.516. The van der Waals surface area contributed by atoms with E-state index in [4.69, 9.17) is 0 Å². The Morgan fingerprint density at radius 3 is 2.58 bits per heavy atom. The molecule has 9 heteroatoms. The first-order valence-electron chi connectivity index (χ1n) is 10.5. The molecule has 1 N–H and O–H groups in total. The third-order valence-corrected chi connectivity index (χ3v) is 4.87. The number of halogens is 3. The van der Waals surface area contributed by atoms with Gasteiger partial charge in [-0.25, -0.2) is 9.97 Å². The van der Waals surface area contributed by atoms with Crippen LogP contribution in [0.25, 0.3) is 10.9 Å². The molecule has 3 aromatic heterocycles. The van der Waals surface area contributed by atoms with Crippen LogP contribution in [-0.4, -0.2) is 25.7 Å². The fraction of sp³-hybridized carbons (Fsp3) is 0.455. The van der Waals surface area contributed by atoms with Crippen molar-refractivity contribution in [2.45, 2.75) is 64.6 Å². The van der Waals surface area contributed by atoms with Crippen molar-refractivity contribution in [1.29, 1.82) is 0 Å². The fourth-order valence-electron chi connectivity index (χ4n) is 3.45. The topological polar surface area (TPSA) is 72.7 Å². The second kappa shape index (κ2) is 9.89. The van der Waals surface area contributed by atoms with Gasteiger partial charge < -0.3 is 5.32 Å². The first-order chi connectivity index (χ1) is 14.8. The van der Waals surface area contributed by atoms with Crippen LogP contribution in [0.4, 0.5) is 19.0 Å². The van der Waals surface area contributed by atoms with Crippen LogP contribution in [-0.2, 0) is 6.18 Å². The molecule has 1 fully saturated rings. The van der Waals surface area contributed by atoms with Gasteiger partial charge in [0, 0.05) is 11.6 Å². The maximum Gasteiger partial charge on any atom is 0.433 e. The number of amides is 1. The van der Waals surface area contributed by atoms with E-state index in [2.05, 4.69) is 34.2 Å². The molecule has 166 valence electrons. The average molecular weight is 433 g/mol. The molecule has 1 aliphatic carbocycles. The van der Waals surface area contributed by atoms with Crippen LogP contribution < -0.4 is 5.32 Å². The zero-order chi connectivity index (χ0) is 22.4. The van der Waals surface area contributed by atoms with Gasteiger partial charge in [0.15, 0.2) is 0 Å². The predicted octanol–water partition coefficient (Wildman–Crippen LogP) is 6.02. The first kappa shape index (κ1) is 22.7. The number of aromatic nitrogens is 4. The number of hydrogen-bond donors (Lipinski definition) is 1. The van der Waals surface area contributed by atoms with E-state index < -0.39 is 17.8 Å². The summed E-state index contributed by atoms with van der Waals surface area (Å²) < 4.78 is 40.3. The largest absolute Gasteiger partial charge is 0.433 e. The Balaban J connectivity index is 0.000000858. The molecule has 3 heterocycles. The van der Waals surface area contributed by atoms with Gasteiger partial charge in [0.2, 0.25) is 0 Å². The third kappa shape index (κ3) is 5.80. The van der Waals surface area contributed by atoms with Crippen LogP contribution in [0, 0.1) is 0 Å². The predicted molar refractivity (Wildman–Crippen MR) is 113 cm³/mol. The fourth-order valence-corrected chi connectivity index (χ4v) is 3.45. The normalized spacial score (nSPS) is 14.7. The monoisotopic (exact) mass is 433 g/mol. The summed E-state index contributed by atoms with van der Waals surface area (Å²) in [6.07, 6.45) is 5.90. The number of hydrogen-bond acceptors (Lipinski definition) is 4. The molecule has 1 aliphatic rings. The van der Waals surface area contributed by atoms with Crippen molar-refractivity contribution in [1.82, 2.24) is 19.7 Å². The average Bonchev–Trinajstić information content (AvgIpc) is 3.18. The number of nitrogens with zero attached hydrogens (tertiary/aromatic N) is 4. The number of rotatable bonds is 3. The molecule has 0 spiro atoms. The molecule has 3 aromatic rings. The molecule has 0 aliphatic heterocycles. The van der Waals surface area contributed by atoms with Crippen LogP contribution in [0.15, 0.2) is 36.7 Å². The van der Waals surface area contributed by atoms with E-state index in [1.807, 2.05) is 10.9 Å². The maximum atomic E-state index is 12.8.